The highest BCUT2D eigenvalue weighted by atomic mass is 32.2. The van der Waals surface area contributed by atoms with Gasteiger partial charge in [0, 0.05) is 6.54 Å². The zero-order valence-electron chi connectivity index (χ0n) is 17.9. The van der Waals surface area contributed by atoms with Gasteiger partial charge in [0.2, 0.25) is 0 Å². The molecule has 0 bridgehead atoms. The average Bonchev–Trinajstić information content (AvgIpc) is 3.07. The molecule has 166 valence electrons. The van der Waals surface area contributed by atoms with Crippen molar-refractivity contribution in [2.24, 2.45) is 4.99 Å². The summed E-state index contributed by atoms with van der Waals surface area (Å²) in [6.45, 7) is 8.69. The lowest BCUT2D eigenvalue weighted by Gasteiger charge is -2.12. The average molecular weight is 453 g/mol. The Hall–Kier alpha value is -3.52. The van der Waals surface area contributed by atoms with Gasteiger partial charge in [-0.2, -0.15) is 0 Å². The lowest BCUT2D eigenvalue weighted by atomic mass is 10.2. The van der Waals surface area contributed by atoms with Crippen LogP contribution in [0.2, 0.25) is 0 Å². The number of carbonyl (C=O) groups is 2. The minimum Gasteiger partial charge on any atom is -0.490 e. The van der Waals surface area contributed by atoms with Crippen molar-refractivity contribution in [1.82, 2.24) is 4.90 Å². The van der Waals surface area contributed by atoms with Gasteiger partial charge in [-0.1, -0.05) is 24.8 Å². The Morgan fingerprint density at radius 2 is 2.00 bits per heavy atom. The fraction of sp³-hybridized carbons (Fsp3) is 0.208. The number of amides is 1. The molecule has 8 heteroatoms. The number of hydrogen-bond donors (Lipinski definition) is 1. The maximum absolute atomic E-state index is 12.9. The Labute approximate surface area is 191 Å². The van der Waals surface area contributed by atoms with Gasteiger partial charge in [-0.15, -0.1) is 0 Å². The van der Waals surface area contributed by atoms with E-state index in [4.69, 9.17) is 9.47 Å². The Balaban J connectivity index is 1.91. The van der Waals surface area contributed by atoms with Gasteiger partial charge in [-0.05, 0) is 67.6 Å². The van der Waals surface area contributed by atoms with E-state index in [9.17, 15) is 14.7 Å². The van der Waals surface area contributed by atoms with Crippen molar-refractivity contribution in [3.63, 3.8) is 0 Å². The number of carboxylic acid groups (broad SMARTS) is 1. The van der Waals surface area contributed by atoms with Crippen LogP contribution in [0.25, 0.3) is 6.08 Å². The van der Waals surface area contributed by atoms with E-state index >= 15 is 0 Å². The number of benzene rings is 2. The summed E-state index contributed by atoms with van der Waals surface area (Å²) in [6, 6.07) is 11.8. The number of aromatic carboxylic acids is 1. The number of ether oxygens (including phenoxy) is 2. The second-order valence-corrected chi connectivity index (χ2v) is 7.66. The number of likely N-dealkylation sites (N-methyl/N-ethyl adjacent to an activating group) is 1. The number of rotatable bonds is 9. The van der Waals surface area contributed by atoms with Gasteiger partial charge in [0.15, 0.2) is 16.7 Å². The zero-order valence-corrected chi connectivity index (χ0v) is 18.7. The van der Waals surface area contributed by atoms with Gasteiger partial charge in [-0.3, -0.25) is 9.69 Å². The Morgan fingerprint density at radius 3 is 2.69 bits per heavy atom. The van der Waals surface area contributed by atoms with Crippen molar-refractivity contribution >= 4 is 40.6 Å². The molecule has 2 aromatic carbocycles. The van der Waals surface area contributed by atoms with Gasteiger partial charge in [0.1, 0.15) is 6.61 Å². The molecule has 1 aliphatic rings. The first-order chi connectivity index (χ1) is 15.5. The van der Waals surface area contributed by atoms with Gasteiger partial charge in [-0.25, -0.2) is 9.79 Å². The van der Waals surface area contributed by atoms with E-state index in [1.165, 1.54) is 23.9 Å². The van der Waals surface area contributed by atoms with Gasteiger partial charge < -0.3 is 14.6 Å². The van der Waals surface area contributed by atoms with Crippen LogP contribution < -0.4 is 9.47 Å². The van der Waals surface area contributed by atoms with Crippen LogP contribution in [0.15, 0.2) is 65.0 Å². The maximum Gasteiger partial charge on any atom is 0.335 e. The third-order valence-electron chi connectivity index (χ3n) is 4.44. The summed E-state index contributed by atoms with van der Waals surface area (Å²) in [7, 11) is 0. The van der Waals surface area contributed by atoms with Crippen molar-refractivity contribution in [2.75, 3.05) is 19.8 Å². The lowest BCUT2D eigenvalue weighted by molar-refractivity contribution is -0.122. The largest absolute Gasteiger partial charge is 0.490 e. The molecule has 1 amide bonds. The van der Waals surface area contributed by atoms with E-state index in [0.29, 0.717) is 47.0 Å². The second kappa shape index (κ2) is 10.7. The molecule has 7 nitrogen and oxygen atoms in total. The number of nitrogens with zero attached hydrogens (tertiary/aromatic N) is 2. The Bertz CT molecular complexity index is 1090. The normalized spacial score (nSPS) is 15.9. The molecule has 0 saturated carbocycles. The molecule has 2 aromatic rings. The van der Waals surface area contributed by atoms with Crippen molar-refractivity contribution in [3.05, 3.63) is 71.2 Å². The molecule has 0 aliphatic carbocycles. The first-order valence-electron chi connectivity index (χ1n) is 10.1. The molecule has 32 heavy (non-hydrogen) atoms. The predicted molar refractivity (Wildman–Crippen MR) is 127 cm³/mol. The third kappa shape index (κ3) is 5.39. The number of hydrogen-bond acceptors (Lipinski definition) is 6. The van der Waals surface area contributed by atoms with E-state index < -0.39 is 5.97 Å². The molecule has 0 unspecified atom stereocenters. The zero-order chi connectivity index (χ0) is 23.1. The number of aliphatic imine (C=N–C) groups is 1. The highest BCUT2D eigenvalue weighted by Crippen LogP contribution is 2.36. The van der Waals surface area contributed by atoms with Crippen molar-refractivity contribution in [1.29, 1.82) is 0 Å². The molecule has 1 aliphatic heterocycles. The molecule has 0 spiro atoms. The summed E-state index contributed by atoms with van der Waals surface area (Å²) in [4.78, 5) is 30.8. The first kappa shape index (κ1) is 23.1. The van der Waals surface area contributed by atoms with Gasteiger partial charge in [0.25, 0.3) is 5.91 Å². The van der Waals surface area contributed by atoms with Crippen LogP contribution in [0.3, 0.4) is 0 Å². The summed E-state index contributed by atoms with van der Waals surface area (Å²) in [5.41, 5.74) is 1.41. The van der Waals surface area contributed by atoms with E-state index in [-0.39, 0.29) is 11.5 Å². The molecule has 3 rings (SSSR count). The van der Waals surface area contributed by atoms with Gasteiger partial charge in [0.05, 0.1) is 22.8 Å². The second-order valence-electron chi connectivity index (χ2n) is 6.65. The molecule has 0 aromatic heterocycles. The fourth-order valence-corrected chi connectivity index (χ4v) is 4.05. The summed E-state index contributed by atoms with van der Waals surface area (Å²) in [5, 5.41) is 9.70. The summed E-state index contributed by atoms with van der Waals surface area (Å²) < 4.78 is 11.3. The van der Waals surface area contributed by atoms with Crippen LogP contribution in [0.1, 0.15) is 29.8 Å². The molecule has 1 heterocycles. The molecule has 0 atom stereocenters. The number of carboxylic acids is 1. The third-order valence-corrected chi connectivity index (χ3v) is 5.45. The van der Waals surface area contributed by atoms with E-state index in [0.717, 1.165) is 5.56 Å². The van der Waals surface area contributed by atoms with E-state index in [1.807, 2.05) is 26.0 Å². The minimum atomic E-state index is -1.03. The molecule has 1 fully saturated rings. The maximum atomic E-state index is 12.9. The fourth-order valence-electron chi connectivity index (χ4n) is 2.99. The standard InChI is InChI=1S/C24H24N2O5S/c1-4-12-31-19-11-10-16(13-20(19)30-6-3)14-21-22(27)26(5-2)24(32-21)25-18-9-7-8-17(15-18)23(28)29/h4,7-11,13-15H,1,5-6,12H2,2-3H3,(H,28,29). The molecular weight excluding hydrogens is 428 g/mol. The lowest BCUT2D eigenvalue weighted by Crippen LogP contribution is -2.28. The Kier molecular flexibility index (Phi) is 7.72. The summed E-state index contributed by atoms with van der Waals surface area (Å²) >= 11 is 1.25. The summed E-state index contributed by atoms with van der Waals surface area (Å²) in [5.74, 6) is 0.0113. The van der Waals surface area contributed by atoms with Gasteiger partial charge >= 0.3 is 5.97 Å². The highest BCUT2D eigenvalue weighted by Gasteiger charge is 2.32. The van der Waals surface area contributed by atoms with Crippen LogP contribution in [-0.4, -0.2) is 46.8 Å². The monoisotopic (exact) mass is 452 g/mol. The molecular formula is C24H24N2O5S. The predicted octanol–water partition coefficient (Wildman–Crippen LogP) is 4.97. The van der Waals surface area contributed by atoms with Crippen LogP contribution in [0.5, 0.6) is 11.5 Å². The SMILES string of the molecule is C=CCOc1ccc(C=C2SC(=Nc3cccc(C(=O)O)c3)N(CC)C2=O)cc1OCC. The number of thioether (sulfide) groups is 1. The van der Waals surface area contributed by atoms with Crippen LogP contribution in [0, 0.1) is 0 Å². The molecule has 1 N–H and O–H groups in total. The van der Waals surface area contributed by atoms with E-state index in [1.54, 1.807) is 35.3 Å². The van der Waals surface area contributed by atoms with Crippen LogP contribution >= 0.6 is 11.8 Å². The molecule has 1 saturated heterocycles. The Morgan fingerprint density at radius 1 is 1.19 bits per heavy atom. The minimum absolute atomic E-state index is 0.141. The number of amidine groups is 1. The van der Waals surface area contributed by atoms with E-state index in [2.05, 4.69) is 11.6 Å². The highest BCUT2D eigenvalue weighted by molar-refractivity contribution is 8.18. The molecule has 0 radical (unpaired) electrons. The summed E-state index contributed by atoms with van der Waals surface area (Å²) in [6.07, 6.45) is 3.44. The smallest absolute Gasteiger partial charge is 0.335 e. The quantitative estimate of drug-likeness (QED) is 0.427. The van der Waals surface area contributed by atoms with Crippen LogP contribution in [-0.2, 0) is 4.79 Å². The first-order valence-corrected chi connectivity index (χ1v) is 10.9. The van der Waals surface area contributed by atoms with Crippen molar-refractivity contribution in [2.45, 2.75) is 13.8 Å². The van der Waals surface area contributed by atoms with Crippen molar-refractivity contribution < 1.29 is 24.2 Å². The number of carbonyl (C=O) groups excluding carboxylic acids is 1. The topological polar surface area (TPSA) is 88.4 Å². The van der Waals surface area contributed by atoms with Crippen molar-refractivity contribution in [3.8, 4) is 11.5 Å². The van der Waals surface area contributed by atoms with Crippen LogP contribution in [0.4, 0.5) is 5.69 Å².